The highest BCUT2D eigenvalue weighted by Crippen LogP contribution is 2.44. The zero-order chi connectivity index (χ0) is 22.0. The van der Waals surface area contributed by atoms with Crippen LogP contribution in [-0.4, -0.2) is 30.1 Å². The van der Waals surface area contributed by atoms with Gasteiger partial charge in [-0.05, 0) is 41.5 Å². The van der Waals surface area contributed by atoms with Crippen LogP contribution in [0.1, 0.15) is 22.7 Å². The molecule has 0 aromatic heterocycles. The van der Waals surface area contributed by atoms with E-state index in [1.165, 1.54) is 11.0 Å². The Morgan fingerprint density at radius 1 is 0.935 bits per heavy atom. The molecule has 0 bridgehead atoms. The van der Waals surface area contributed by atoms with E-state index in [2.05, 4.69) is 0 Å². The molecule has 1 heterocycles. The summed E-state index contributed by atoms with van der Waals surface area (Å²) in [5.41, 5.74) is 2.10. The molecule has 0 unspecified atom stereocenters. The Morgan fingerprint density at radius 3 is 2.32 bits per heavy atom. The zero-order valence-corrected chi connectivity index (χ0v) is 17.2. The molecule has 1 N–H and O–H groups in total. The number of benzene rings is 3. The molecule has 0 fully saturated rings. The Bertz CT molecular complexity index is 1140. The van der Waals surface area contributed by atoms with Crippen LogP contribution >= 0.6 is 0 Å². The normalized spacial score (nSPS) is 16.0. The first kappa shape index (κ1) is 20.5. The lowest BCUT2D eigenvalue weighted by molar-refractivity contribution is -0.130. The number of nitrogens with zero attached hydrogens (tertiary/aromatic N) is 1. The first-order chi connectivity index (χ1) is 15.0. The van der Waals surface area contributed by atoms with E-state index < -0.39 is 17.8 Å². The van der Waals surface area contributed by atoms with Crippen molar-refractivity contribution in [2.24, 2.45) is 0 Å². The van der Waals surface area contributed by atoms with Crippen molar-refractivity contribution in [3.05, 3.63) is 101 Å². The summed E-state index contributed by atoms with van der Waals surface area (Å²) in [6, 6.07) is 19.8. The van der Waals surface area contributed by atoms with E-state index in [0.29, 0.717) is 28.2 Å². The first-order valence-corrected chi connectivity index (χ1v) is 9.79. The standard InChI is InChI=1S/C25H22FNO4/c1-30-18-12-10-17(11-13-18)22-23(20-8-3-4-9-21(20)26)27(25(29)24(22)28)15-16-6-5-7-19(14-16)31-2/h3-14,23,28H,15H2,1-2H3/t23-/m1/s1. The molecule has 0 aliphatic carbocycles. The number of rotatable bonds is 6. The number of halogens is 1. The first-order valence-electron chi connectivity index (χ1n) is 9.79. The molecule has 3 aromatic carbocycles. The van der Waals surface area contributed by atoms with Gasteiger partial charge < -0.3 is 19.5 Å². The monoisotopic (exact) mass is 419 g/mol. The minimum Gasteiger partial charge on any atom is -0.503 e. The van der Waals surface area contributed by atoms with Crippen molar-refractivity contribution < 1.29 is 23.8 Å². The summed E-state index contributed by atoms with van der Waals surface area (Å²) in [5.74, 6) is -0.0946. The number of carbonyl (C=O) groups excluding carboxylic acids is 1. The number of ether oxygens (including phenoxy) is 2. The van der Waals surface area contributed by atoms with Crippen molar-refractivity contribution in [1.82, 2.24) is 4.90 Å². The van der Waals surface area contributed by atoms with Gasteiger partial charge in [0, 0.05) is 17.7 Å². The van der Waals surface area contributed by atoms with Gasteiger partial charge in [0.1, 0.15) is 17.3 Å². The molecule has 0 saturated carbocycles. The maximum absolute atomic E-state index is 14.9. The van der Waals surface area contributed by atoms with E-state index in [-0.39, 0.29) is 12.3 Å². The minimum absolute atomic E-state index is 0.179. The maximum Gasteiger partial charge on any atom is 0.290 e. The number of hydrogen-bond donors (Lipinski definition) is 1. The van der Waals surface area contributed by atoms with Gasteiger partial charge in [-0.15, -0.1) is 0 Å². The van der Waals surface area contributed by atoms with E-state index in [0.717, 1.165) is 5.56 Å². The number of amides is 1. The summed E-state index contributed by atoms with van der Waals surface area (Å²) in [7, 11) is 3.13. The fourth-order valence-electron chi connectivity index (χ4n) is 3.87. The van der Waals surface area contributed by atoms with Crippen molar-refractivity contribution in [2.75, 3.05) is 14.2 Å². The molecule has 31 heavy (non-hydrogen) atoms. The second-order valence-corrected chi connectivity index (χ2v) is 7.20. The summed E-state index contributed by atoms with van der Waals surface area (Å²) in [6.45, 7) is 0.179. The smallest absolute Gasteiger partial charge is 0.290 e. The number of hydrogen-bond acceptors (Lipinski definition) is 4. The fourth-order valence-corrected chi connectivity index (χ4v) is 3.87. The largest absolute Gasteiger partial charge is 0.503 e. The van der Waals surface area contributed by atoms with Crippen LogP contribution in [0.25, 0.3) is 5.57 Å². The van der Waals surface area contributed by atoms with Gasteiger partial charge in [0.2, 0.25) is 0 Å². The lowest BCUT2D eigenvalue weighted by Crippen LogP contribution is -2.30. The Hall–Kier alpha value is -3.80. The van der Waals surface area contributed by atoms with Gasteiger partial charge in [0.05, 0.1) is 20.3 Å². The van der Waals surface area contributed by atoms with Crippen molar-refractivity contribution in [2.45, 2.75) is 12.6 Å². The molecule has 5 nitrogen and oxygen atoms in total. The lowest BCUT2D eigenvalue weighted by Gasteiger charge is -2.28. The predicted octanol–water partition coefficient (Wildman–Crippen LogP) is 4.90. The van der Waals surface area contributed by atoms with Gasteiger partial charge in [-0.2, -0.15) is 0 Å². The molecule has 3 aromatic rings. The van der Waals surface area contributed by atoms with E-state index in [1.54, 1.807) is 56.7 Å². The third-order valence-corrected chi connectivity index (χ3v) is 5.39. The van der Waals surface area contributed by atoms with Crippen LogP contribution < -0.4 is 9.47 Å². The highest BCUT2D eigenvalue weighted by atomic mass is 19.1. The fraction of sp³-hybridized carbons (Fsp3) is 0.160. The van der Waals surface area contributed by atoms with Crippen molar-refractivity contribution in [1.29, 1.82) is 0 Å². The van der Waals surface area contributed by atoms with Crippen LogP contribution in [0, 0.1) is 5.82 Å². The number of aliphatic hydroxyl groups is 1. The molecular formula is C25H22FNO4. The summed E-state index contributed by atoms with van der Waals surface area (Å²) < 4.78 is 25.3. The van der Waals surface area contributed by atoms with Gasteiger partial charge in [-0.1, -0.05) is 42.5 Å². The quantitative estimate of drug-likeness (QED) is 0.618. The summed E-state index contributed by atoms with van der Waals surface area (Å²) in [6.07, 6.45) is 0. The van der Waals surface area contributed by atoms with Crippen LogP contribution in [0.3, 0.4) is 0 Å². The highest BCUT2D eigenvalue weighted by molar-refractivity contribution is 6.05. The SMILES string of the molecule is COc1ccc(C2=C(O)C(=O)N(Cc3cccc(OC)c3)[C@@H]2c2ccccc2F)cc1. The molecular weight excluding hydrogens is 397 g/mol. The second kappa shape index (κ2) is 8.52. The molecule has 0 spiro atoms. The Balaban J connectivity index is 1.81. The molecule has 1 atom stereocenters. The zero-order valence-electron chi connectivity index (χ0n) is 17.2. The Morgan fingerprint density at radius 2 is 1.65 bits per heavy atom. The number of methoxy groups -OCH3 is 2. The molecule has 0 saturated heterocycles. The van der Waals surface area contributed by atoms with Crippen molar-refractivity contribution in [3.63, 3.8) is 0 Å². The Kier molecular flexibility index (Phi) is 5.62. The Labute approximate surface area is 180 Å². The molecule has 6 heteroatoms. The predicted molar refractivity (Wildman–Crippen MR) is 115 cm³/mol. The highest BCUT2D eigenvalue weighted by Gasteiger charge is 2.42. The lowest BCUT2D eigenvalue weighted by atomic mass is 9.93. The molecule has 158 valence electrons. The van der Waals surface area contributed by atoms with E-state index >= 15 is 0 Å². The summed E-state index contributed by atoms with van der Waals surface area (Å²) in [4.78, 5) is 14.6. The maximum atomic E-state index is 14.9. The molecule has 0 radical (unpaired) electrons. The molecule has 1 aliphatic rings. The van der Waals surface area contributed by atoms with Gasteiger partial charge in [0.15, 0.2) is 5.76 Å². The topological polar surface area (TPSA) is 59.0 Å². The van der Waals surface area contributed by atoms with Crippen molar-refractivity contribution >= 4 is 11.5 Å². The number of carbonyl (C=O) groups is 1. The molecule has 1 amide bonds. The summed E-state index contributed by atoms with van der Waals surface area (Å²) >= 11 is 0. The third kappa shape index (κ3) is 3.84. The number of aliphatic hydroxyl groups excluding tert-OH is 1. The van der Waals surface area contributed by atoms with Gasteiger partial charge >= 0.3 is 0 Å². The summed E-state index contributed by atoms with van der Waals surface area (Å²) in [5, 5.41) is 10.8. The van der Waals surface area contributed by atoms with E-state index in [4.69, 9.17) is 9.47 Å². The molecule has 4 rings (SSSR count). The van der Waals surface area contributed by atoms with E-state index in [9.17, 15) is 14.3 Å². The third-order valence-electron chi connectivity index (χ3n) is 5.39. The van der Waals surface area contributed by atoms with Crippen LogP contribution in [-0.2, 0) is 11.3 Å². The van der Waals surface area contributed by atoms with Crippen LogP contribution in [0.4, 0.5) is 4.39 Å². The van der Waals surface area contributed by atoms with Crippen molar-refractivity contribution in [3.8, 4) is 11.5 Å². The van der Waals surface area contributed by atoms with Crippen LogP contribution in [0.5, 0.6) is 11.5 Å². The van der Waals surface area contributed by atoms with Gasteiger partial charge in [0.25, 0.3) is 5.91 Å². The van der Waals surface area contributed by atoms with Crippen LogP contribution in [0.2, 0.25) is 0 Å². The minimum atomic E-state index is -0.784. The van der Waals surface area contributed by atoms with Crippen LogP contribution in [0.15, 0.2) is 78.6 Å². The average molecular weight is 419 g/mol. The van der Waals surface area contributed by atoms with Gasteiger partial charge in [-0.3, -0.25) is 4.79 Å². The molecule has 1 aliphatic heterocycles. The average Bonchev–Trinajstić information content (AvgIpc) is 3.04. The second-order valence-electron chi connectivity index (χ2n) is 7.20. The van der Waals surface area contributed by atoms with E-state index in [1.807, 2.05) is 24.3 Å². The van der Waals surface area contributed by atoms with Gasteiger partial charge in [-0.25, -0.2) is 4.39 Å².